The predicted octanol–water partition coefficient (Wildman–Crippen LogP) is 3.27. The molecule has 1 amide bonds. The first-order valence-electron chi connectivity index (χ1n) is 5.13. The summed E-state index contributed by atoms with van der Waals surface area (Å²) in [7, 11) is 0. The van der Waals surface area contributed by atoms with Crippen LogP contribution < -0.4 is 5.32 Å². The van der Waals surface area contributed by atoms with Gasteiger partial charge in [-0.05, 0) is 27.9 Å². The quantitative estimate of drug-likeness (QED) is 0.868. The summed E-state index contributed by atoms with van der Waals surface area (Å²) in [6.07, 6.45) is 2.60. The van der Waals surface area contributed by atoms with Gasteiger partial charge in [-0.15, -0.1) is 0 Å². The van der Waals surface area contributed by atoms with Crippen LogP contribution in [0.15, 0.2) is 16.7 Å². The highest BCUT2D eigenvalue weighted by molar-refractivity contribution is 9.10. The second-order valence-electron chi connectivity index (χ2n) is 3.72. The lowest BCUT2D eigenvalue weighted by molar-refractivity contribution is 0.0947. The fraction of sp³-hybridized carbons (Fsp3) is 0.455. The molecule has 0 aliphatic rings. The van der Waals surface area contributed by atoms with Crippen LogP contribution in [0.1, 0.15) is 30.6 Å². The first-order chi connectivity index (χ1) is 7.54. The van der Waals surface area contributed by atoms with Crippen molar-refractivity contribution in [3.63, 3.8) is 0 Å². The summed E-state index contributed by atoms with van der Waals surface area (Å²) in [5, 5.41) is 3.06. The summed E-state index contributed by atoms with van der Waals surface area (Å²) >= 11 is 9.10. The summed E-state index contributed by atoms with van der Waals surface area (Å²) in [6, 6.07) is 1.67. The van der Waals surface area contributed by atoms with Gasteiger partial charge in [0.2, 0.25) is 0 Å². The Morgan fingerprint density at radius 2 is 2.38 bits per heavy atom. The first kappa shape index (κ1) is 13.5. The molecule has 16 heavy (non-hydrogen) atoms. The number of halogens is 2. The molecule has 0 aromatic carbocycles. The molecule has 0 saturated carbocycles. The van der Waals surface area contributed by atoms with Crippen molar-refractivity contribution in [3.05, 3.63) is 27.5 Å². The van der Waals surface area contributed by atoms with Crippen LogP contribution >= 0.6 is 27.5 Å². The van der Waals surface area contributed by atoms with Crippen molar-refractivity contribution in [3.8, 4) is 0 Å². The molecule has 0 fully saturated rings. The predicted molar refractivity (Wildman–Crippen MR) is 68.7 cm³/mol. The Morgan fingerprint density at radius 1 is 1.69 bits per heavy atom. The van der Waals surface area contributed by atoms with Crippen molar-refractivity contribution in [2.75, 3.05) is 6.54 Å². The van der Waals surface area contributed by atoms with E-state index in [1.54, 1.807) is 12.3 Å². The monoisotopic (exact) mass is 304 g/mol. The average molecular weight is 306 g/mol. The summed E-state index contributed by atoms with van der Waals surface area (Å²) in [5.74, 6) is 0.280. The Hall–Kier alpha value is -0.610. The van der Waals surface area contributed by atoms with Gasteiger partial charge in [-0.3, -0.25) is 4.79 Å². The molecule has 0 aliphatic heterocycles. The maximum absolute atomic E-state index is 11.8. The van der Waals surface area contributed by atoms with Crippen LogP contribution in [0.25, 0.3) is 0 Å². The molecule has 1 heterocycles. The Kier molecular flexibility index (Phi) is 5.22. The lowest BCUT2D eigenvalue weighted by Crippen LogP contribution is -2.28. The number of nitrogens with one attached hydrogen (secondary N) is 1. The minimum absolute atomic E-state index is 0.181. The molecular weight excluding hydrogens is 291 g/mol. The number of amides is 1. The van der Waals surface area contributed by atoms with Crippen molar-refractivity contribution < 1.29 is 4.79 Å². The van der Waals surface area contributed by atoms with Crippen LogP contribution in [0.3, 0.4) is 0 Å². The zero-order chi connectivity index (χ0) is 12.1. The van der Waals surface area contributed by atoms with Crippen molar-refractivity contribution in [1.29, 1.82) is 0 Å². The van der Waals surface area contributed by atoms with Crippen LogP contribution in [0, 0.1) is 5.92 Å². The molecule has 0 spiro atoms. The molecule has 1 atom stereocenters. The van der Waals surface area contributed by atoms with E-state index in [-0.39, 0.29) is 11.1 Å². The Labute approximate surface area is 109 Å². The topological polar surface area (TPSA) is 42.0 Å². The highest BCUT2D eigenvalue weighted by Gasteiger charge is 2.12. The minimum Gasteiger partial charge on any atom is -0.352 e. The Balaban J connectivity index is 2.69. The van der Waals surface area contributed by atoms with E-state index in [1.807, 2.05) is 0 Å². The molecule has 3 nitrogen and oxygen atoms in total. The molecule has 1 aromatic heterocycles. The second kappa shape index (κ2) is 6.21. The maximum atomic E-state index is 11.8. The fourth-order valence-electron chi connectivity index (χ4n) is 1.09. The maximum Gasteiger partial charge on any atom is 0.254 e. The minimum atomic E-state index is -0.181. The van der Waals surface area contributed by atoms with Gasteiger partial charge in [-0.1, -0.05) is 31.9 Å². The van der Waals surface area contributed by atoms with E-state index in [2.05, 4.69) is 40.1 Å². The number of nitrogens with zero attached hydrogens (tertiary/aromatic N) is 1. The molecule has 5 heteroatoms. The lowest BCUT2D eigenvalue weighted by Gasteiger charge is -2.10. The van der Waals surface area contributed by atoms with Crippen molar-refractivity contribution in [2.45, 2.75) is 20.3 Å². The molecule has 1 rings (SSSR count). The van der Waals surface area contributed by atoms with E-state index in [9.17, 15) is 4.79 Å². The molecule has 0 bridgehead atoms. The Bertz CT molecular complexity index is 384. The largest absolute Gasteiger partial charge is 0.352 e. The number of pyridine rings is 1. The molecule has 0 aliphatic carbocycles. The van der Waals surface area contributed by atoms with Crippen molar-refractivity contribution in [1.82, 2.24) is 10.3 Å². The Morgan fingerprint density at radius 3 is 3.00 bits per heavy atom. The third-order valence-corrected chi connectivity index (χ3v) is 3.09. The van der Waals surface area contributed by atoms with Gasteiger partial charge in [0.25, 0.3) is 5.91 Å². The third kappa shape index (κ3) is 3.76. The van der Waals surface area contributed by atoms with Gasteiger partial charge in [-0.25, -0.2) is 4.98 Å². The van der Waals surface area contributed by atoms with Gasteiger partial charge in [0.1, 0.15) is 5.15 Å². The van der Waals surface area contributed by atoms with Crippen LogP contribution in [0.5, 0.6) is 0 Å². The summed E-state index contributed by atoms with van der Waals surface area (Å²) in [6.45, 7) is 4.82. The van der Waals surface area contributed by atoms with E-state index in [0.29, 0.717) is 18.0 Å². The number of rotatable bonds is 4. The SMILES string of the molecule is CCC(C)CNC(=O)c1cc(Br)cnc1Cl. The average Bonchev–Trinajstić information content (AvgIpc) is 2.28. The zero-order valence-electron chi connectivity index (χ0n) is 9.26. The van der Waals surface area contributed by atoms with Gasteiger partial charge in [0, 0.05) is 17.2 Å². The summed E-state index contributed by atoms with van der Waals surface area (Å²) in [4.78, 5) is 15.7. The highest BCUT2D eigenvalue weighted by atomic mass is 79.9. The van der Waals surface area contributed by atoms with Crippen LogP contribution in [0.4, 0.5) is 0 Å². The molecule has 1 aromatic rings. The van der Waals surface area contributed by atoms with Crippen molar-refractivity contribution in [2.24, 2.45) is 5.92 Å². The molecule has 88 valence electrons. The number of aromatic nitrogens is 1. The zero-order valence-corrected chi connectivity index (χ0v) is 11.6. The molecule has 0 saturated heterocycles. The summed E-state index contributed by atoms with van der Waals surface area (Å²) < 4.78 is 0.741. The smallest absolute Gasteiger partial charge is 0.254 e. The molecule has 1 unspecified atom stereocenters. The van der Waals surface area contributed by atoms with Crippen molar-refractivity contribution >= 4 is 33.4 Å². The van der Waals surface area contributed by atoms with Crippen LogP contribution in [-0.2, 0) is 0 Å². The standard InChI is InChI=1S/C11H14BrClN2O/c1-3-7(2)5-15-11(16)9-4-8(12)6-14-10(9)13/h4,6-7H,3,5H2,1-2H3,(H,15,16). The third-order valence-electron chi connectivity index (χ3n) is 2.36. The second-order valence-corrected chi connectivity index (χ2v) is 4.99. The lowest BCUT2D eigenvalue weighted by atomic mass is 10.1. The van der Waals surface area contributed by atoms with E-state index in [4.69, 9.17) is 11.6 Å². The van der Waals surface area contributed by atoms with Crippen LogP contribution in [0.2, 0.25) is 5.15 Å². The number of carbonyl (C=O) groups excluding carboxylic acids is 1. The fourth-order valence-corrected chi connectivity index (χ4v) is 1.61. The van der Waals surface area contributed by atoms with Gasteiger partial charge < -0.3 is 5.32 Å². The number of hydrogen-bond donors (Lipinski definition) is 1. The van der Waals surface area contributed by atoms with E-state index in [1.165, 1.54) is 0 Å². The van der Waals surface area contributed by atoms with E-state index >= 15 is 0 Å². The first-order valence-corrected chi connectivity index (χ1v) is 6.31. The molecule has 1 N–H and O–H groups in total. The van der Waals surface area contributed by atoms with Crippen LogP contribution in [-0.4, -0.2) is 17.4 Å². The van der Waals surface area contributed by atoms with Gasteiger partial charge >= 0.3 is 0 Å². The number of hydrogen-bond acceptors (Lipinski definition) is 2. The van der Waals surface area contributed by atoms with Gasteiger partial charge in [0.15, 0.2) is 0 Å². The van der Waals surface area contributed by atoms with E-state index in [0.717, 1.165) is 10.9 Å². The highest BCUT2D eigenvalue weighted by Crippen LogP contribution is 2.17. The van der Waals surface area contributed by atoms with E-state index < -0.39 is 0 Å². The molecular formula is C11H14BrClN2O. The van der Waals surface area contributed by atoms with Gasteiger partial charge in [0.05, 0.1) is 5.56 Å². The summed E-state index contributed by atoms with van der Waals surface area (Å²) in [5.41, 5.74) is 0.402. The normalized spacial score (nSPS) is 12.2. The number of carbonyl (C=O) groups is 1. The molecule has 0 radical (unpaired) electrons. The van der Waals surface area contributed by atoms with Gasteiger partial charge in [-0.2, -0.15) is 0 Å².